The van der Waals surface area contributed by atoms with Gasteiger partial charge in [-0.1, -0.05) is 25.1 Å². The third kappa shape index (κ3) is 6.44. The Morgan fingerprint density at radius 1 is 1.07 bits per heavy atom. The van der Waals surface area contributed by atoms with Gasteiger partial charge in [-0.15, -0.1) is 36.2 Å². The van der Waals surface area contributed by atoms with Crippen molar-refractivity contribution in [3.8, 4) is 16.3 Å². The van der Waals surface area contributed by atoms with Crippen molar-refractivity contribution < 1.29 is 9.53 Å². The minimum atomic E-state index is -0.129. The topological polar surface area (TPSA) is 63.2 Å². The third-order valence-corrected chi connectivity index (χ3v) is 5.45. The number of nitrogens with zero attached hydrogens (tertiary/aromatic N) is 1. The molecule has 0 aliphatic heterocycles. The Kier molecular flexibility index (Phi) is 10.8. The van der Waals surface area contributed by atoms with Gasteiger partial charge in [-0.3, -0.25) is 4.79 Å². The Morgan fingerprint density at radius 2 is 1.77 bits per heavy atom. The van der Waals surface area contributed by atoms with E-state index in [2.05, 4.69) is 22.5 Å². The highest BCUT2D eigenvalue weighted by Crippen LogP contribution is 2.30. The van der Waals surface area contributed by atoms with Crippen molar-refractivity contribution in [2.24, 2.45) is 0 Å². The van der Waals surface area contributed by atoms with Gasteiger partial charge >= 0.3 is 0 Å². The predicted molar refractivity (Wildman–Crippen MR) is 130 cm³/mol. The highest BCUT2D eigenvalue weighted by molar-refractivity contribution is 7.17. The average Bonchev–Trinajstić information content (AvgIpc) is 3.10. The fourth-order valence-electron chi connectivity index (χ4n) is 2.83. The number of benzene rings is 2. The summed E-state index contributed by atoms with van der Waals surface area (Å²) >= 11 is 1.40. The summed E-state index contributed by atoms with van der Waals surface area (Å²) in [5.41, 5.74) is 3.59. The van der Waals surface area contributed by atoms with E-state index in [0.29, 0.717) is 18.0 Å². The first-order valence-corrected chi connectivity index (χ1v) is 10.2. The minimum Gasteiger partial charge on any atom is -0.494 e. The van der Waals surface area contributed by atoms with Crippen LogP contribution in [0.2, 0.25) is 0 Å². The molecule has 2 aromatic carbocycles. The molecule has 5 nitrogen and oxygen atoms in total. The van der Waals surface area contributed by atoms with E-state index in [0.717, 1.165) is 39.8 Å². The van der Waals surface area contributed by atoms with Gasteiger partial charge in [-0.2, -0.15) is 0 Å². The van der Waals surface area contributed by atoms with Gasteiger partial charge in [-0.25, -0.2) is 4.98 Å². The van der Waals surface area contributed by atoms with E-state index in [9.17, 15) is 4.79 Å². The van der Waals surface area contributed by atoms with Crippen molar-refractivity contribution in [1.29, 1.82) is 0 Å². The zero-order chi connectivity index (χ0) is 19.9. The lowest BCUT2D eigenvalue weighted by Gasteiger charge is -2.10. The van der Waals surface area contributed by atoms with E-state index in [-0.39, 0.29) is 30.7 Å². The van der Waals surface area contributed by atoms with Crippen LogP contribution in [0.5, 0.6) is 5.75 Å². The van der Waals surface area contributed by atoms with E-state index in [1.807, 2.05) is 62.4 Å². The molecule has 0 saturated heterocycles. The molecule has 0 aliphatic carbocycles. The van der Waals surface area contributed by atoms with E-state index in [4.69, 9.17) is 4.74 Å². The van der Waals surface area contributed by atoms with Crippen LogP contribution in [-0.2, 0) is 6.54 Å². The van der Waals surface area contributed by atoms with Crippen LogP contribution in [0.3, 0.4) is 0 Å². The number of thiazole rings is 1. The van der Waals surface area contributed by atoms with Crippen LogP contribution in [0.4, 0.5) is 5.69 Å². The van der Waals surface area contributed by atoms with Crippen LogP contribution in [-0.4, -0.2) is 24.0 Å². The summed E-state index contributed by atoms with van der Waals surface area (Å²) in [6.07, 6.45) is 0. The van der Waals surface area contributed by atoms with Gasteiger partial charge in [-0.05, 0) is 56.3 Å². The lowest BCUT2D eigenvalue weighted by Crippen LogP contribution is -2.17. The zero-order valence-electron chi connectivity index (χ0n) is 17.2. The molecule has 162 valence electrons. The van der Waals surface area contributed by atoms with Crippen LogP contribution in [0.1, 0.15) is 34.8 Å². The van der Waals surface area contributed by atoms with Crippen molar-refractivity contribution >= 4 is 47.7 Å². The molecule has 0 spiro atoms. The molecule has 0 unspecified atom stereocenters. The third-order valence-electron chi connectivity index (χ3n) is 4.25. The summed E-state index contributed by atoms with van der Waals surface area (Å²) in [5.74, 6) is 0.700. The van der Waals surface area contributed by atoms with Gasteiger partial charge < -0.3 is 15.4 Å². The quantitative estimate of drug-likeness (QED) is 0.444. The first kappa shape index (κ1) is 25.9. The summed E-state index contributed by atoms with van der Waals surface area (Å²) in [6.45, 7) is 8.11. The molecule has 1 heterocycles. The van der Waals surface area contributed by atoms with Crippen LogP contribution in [0, 0.1) is 6.92 Å². The number of hydrogen-bond donors (Lipinski definition) is 2. The van der Waals surface area contributed by atoms with Gasteiger partial charge in [0, 0.05) is 17.8 Å². The monoisotopic (exact) mass is 467 g/mol. The lowest BCUT2D eigenvalue weighted by molar-refractivity contribution is 0.102. The number of carbonyl (C=O) groups is 1. The molecule has 30 heavy (non-hydrogen) atoms. The number of nitrogens with one attached hydrogen (secondary N) is 2. The summed E-state index contributed by atoms with van der Waals surface area (Å²) in [4.78, 5) is 18.1. The molecular formula is C22H27Cl2N3O2S. The second-order valence-electron chi connectivity index (χ2n) is 6.28. The molecule has 2 N–H and O–H groups in total. The van der Waals surface area contributed by atoms with Crippen molar-refractivity contribution in [1.82, 2.24) is 10.3 Å². The van der Waals surface area contributed by atoms with Crippen molar-refractivity contribution in [2.75, 3.05) is 18.5 Å². The van der Waals surface area contributed by atoms with Gasteiger partial charge in [0.25, 0.3) is 5.91 Å². The van der Waals surface area contributed by atoms with E-state index in [1.165, 1.54) is 11.3 Å². The fraction of sp³-hybridized carbons (Fsp3) is 0.273. The molecule has 1 amide bonds. The molecule has 0 radical (unpaired) electrons. The number of para-hydroxylation sites is 1. The molecule has 3 rings (SSSR count). The van der Waals surface area contributed by atoms with Gasteiger partial charge in [0.05, 0.1) is 12.3 Å². The Morgan fingerprint density at radius 3 is 2.43 bits per heavy atom. The normalized spacial score (nSPS) is 9.97. The number of aromatic nitrogens is 1. The Labute approximate surface area is 194 Å². The number of halogens is 2. The van der Waals surface area contributed by atoms with Crippen LogP contribution in [0.25, 0.3) is 10.6 Å². The van der Waals surface area contributed by atoms with Crippen LogP contribution < -0.4 is 15.4 Å². The fourth-order valence-corrected chi connectivity index (χ4v) is 3.79. The number of rotatable bonds is 8. The van der Waals surface area contributed by atoms with Gasteiger partial charge in [0.2, 0.25) is 0 Å². The van der Waals surface area contributed by atoms with Gasteiger partial charge in [0.15, 0.2) is 0 Å². The summed E-state index contributed by atoms with van der Waals surface area (Å²) in [5, 5.41) is 7.16. The second kappa shape index (κ2) is 12.5. The molecule has 0 atom stereocenters. The molecule has 3 aromatic rings. The van der Waals surface area contributed by atoms with E-state index >= 15 is 0 Å². The Hall–Kier alpha value is -2.12. The van der Waals surface area contributed by atoms with Gasteiger partial charge in [0.1, 0.15) is 15.6 Å². The average molecular weight is 468 g/mol. The number of carbonyl (C=O) groups excluding carboxylic acids is 1. The molecular weight excluding hydrogens is 441 g/mol. The molecule has 0 saturated carbocycles. The minimum absolute atomic E-state index is 0. The highest BCUT2D eigenvalue weighted by atomic mass is 35.5. The highest BCUT2D eigenvalue weighted by Gasteiger charge is 2.17. The Bertz CT molecular complexity index is 946. The number of amides is 1. The van der Waals surface area contributed by atoms with E-state index < -0.39 is 0 Å². The predicted octanol–water partition coefficient (Wildman–Crippen LogP) is 5.72. The molecule has 8 heteroatoms. The Balaban J connectivity index is 0.00000225. The number of aryl methyl sites for hydroxylation is 1. The molecule has 0 bridgehead atoms. The maximum Gasteiger partial charge on any atom is 0.267 e. The maximum atomic E-state index is 12.9. The van der Waals surface area contributed by atoms with E-state index in [1.54, 1.807) is 0 Å². The molecule has 0 aliphatic rings. The van der Waals surface area contributed by atoms with Crippen molar-refractivity contribution in [3.05, 3.63) is 64.7 Å². The van der Waals surface area contributed by atoms with Crippen LogP contribution >= 0.6 is 36.2 Å². The van der Waals surface area contributed by atoms with Crippen LogP contribution in [0.15, 0.2) is 48.5 Å². The standard InChI is InChI=1S/C22H25N3O2S.2ClH/c1-4-23-14-17-8-6-7-9-19(17)25-21(26)20-15(3)24-22(28-20)16-10-12-18(13-11-16)27-5-2;;/h6-13,23H,4-5,14H2,1-3H3,(H,25,26);2*1H. The number of hydrogen-bond acceptors (Lipinski definition) is 5. The lowest BCUT2D eigenvalue weighted by atomic mass is 10.1. The smallest absolute Gasteiger partial charge is 0.267 e. The summed E-state index contributed by atoms with van der Waals surface area (Å²) in [6, 6.07) is 15.6. The second-order valence-corrected chi connectivity index (χ2v) is 7.28. The number of anilines is 1. The maximum absolute atomic E-state index is 12.9. The summed E-state index contributed by atoms with van der Waals surface area (Å²) in [7, 11) is 0. The SMILES string of the molecule is CCNCc1ccccc1NC(=O)c1sc(-c2ccc(OCC)cc2)nc1C.Cl.Cl. The number of ether oxygens (including phenoxy) is 1. The summed E-state index contributed by atoms with van der Waals surface area (Å²) < 4.78 is 5.48. The van der Waals surface area contributed by atoms with Crippen molar-refractivity contribution in [2.45, 2.75) is 27.3 Å². The first-order valence-electron chi connectivity index (χ1n) is 9.43. The first-order chi connectivity index (χ1) is 13.6. The largest absolute Gasteiger partial charge is 0.494 e. The molecule has 1 aromatic heterocycles. The molecule has 0 fully saturated rings. The van der Waals surface area contributed by atoms with Crippen molar-refractivity contribution in [3.63, 3.8) is 0 Å². The zero-order valence-corrected chi connectivity index (χ0v) is 19.7.